The third-order valence-electron chi connectivity index (χ3n) is 2.31. The van der Waals surface area contributed by atoms with Crippen molar-refractivity contribution < 1.29 is 22.4 Å². The molecule has 0 amide bonds. The van der Waals surface area contributed by atoms with Gasteiger partial charge in [-0.2, -0.15) is 0 Å². The Morgan fingerprint density at radius 3 is 2.39 bits per heavy atom. The number of benzene rings is 1. The van der Waals surface area contributed by atoms with Gasteiger partial charge in [0, 0.05) is 0 Å². The predicted octanol–water partition coefficient (Wildman–Crippen LogP) is 2.85. The minimum Gasteiger partial charge on any atom is -0.494 e. The van der Waals surface area contributed by atoms with Crippen molar-refractivity contribution in [2.75, 3.05) is 13.2 Å². The van der Waals surface area contributed by atoms with E-state index < -0.39 is 12.4 Å². The van der Waals surface area contributed by atoms with E-state index in [1.165, 1.54) is 6.07 Å². The molecular weight excluding hydrogens is 244 g/mol. The first-order valence-corrected chi connectivity index (χ1v) is 5.85. The topological polar surface area (TPSA) is 18.5 Å². The lowest BCUT2D eigenvalue weighted by Crippen LogP contribution is -2.36. The number of hydrogen-bond donors (Lipinski definition) is 0. The zero-order valence-corrected chi connectivity index (χ0v) is 10.8. The molecule has 0 unspecified atom stereocenters. The molecule has 0 N–H and O–H groups in total. The fourth-order valence-electron chi connectivity index (χ4n) is 1.49. The molecule has 2 nitrogen and oxygen atoms in total. The molecule has 0 fully saturated rings. The van der Waals surface area contributed by atoms with Crippen LogP contribution in [0.4, 0.5) is 12.9 Å². The minimum atomic E-state index is -5.06. The van der Waals surface area contributed by atoms with Crippen LogP contribution in [0, 0.1) is 6.92 Å². The average Bonchev–Trinajstić information content (AvgIpc) is 2.24. The summed E-state index contributed by atoms with van der Waals surface area (Å²) in [5.74, 6) is -0.125. The van der Waals surface area contributed by atoms with Crippen LogP contribution in [0.25, 0.3) is 0 Å². The van der Waals surface area contributed by atoms with E-state index >= 15 is 0 Å². The summed E-state index contributed by atoms with van der Waals surface area (Å²) in [5, 5.41) is 0. The normalized spacial score (nSPS) is 11.9. The molecule has 1 aromatic carbocycles. The number of hydrogen-bond acceptors (Lipinski definition) is 2. The van der Waals surface area contributed by atoms with E-state index in [0.717, 1.165) is 6.07 Å². The molecule has 0 aliphatic rings. The summed E-state index contributed by atoms with van der Waals surface area (Å²) in [5.41, 5.74) is -0.116. The van der Waals surface area contributed by atoms with E-state index in [1.54, 1.807) is 13.0 Å². The molecule has 0 aromatic heterocycles. The third-order valence-corrected chi connectivity index (χ3v) is 2.31. The van der Waals surface area contributed by atoms with Gasteiger partial charge in [-0.15, -0.1) is 0 Å². The van der Waals surface area contributed by atoms with Gasteiger partial charge in [0.2, 0.25) is 0 Å². The molecule has 102 valence electrons. The molecule has 0 atom stereocenters. The van der Waals surface area contributed by atoms with Gasteiger partial charge in [0.25, 0.3) is 0 Å². The molecule has 6 heteroatoms. The van der Waals surface area contributed by atoms with E-state index in [4.69, 9.17) is 9.47 Å². The Labute approximate surface area is 105 Å². The van der Waals surface area contributed by atoms with E-state index in [2.05, 4.69) is 0 Å². The van der Waals surface area contributed by atoms with Crippen LogP contribution in [-0.2, 0) is 4.74 Å². The fraction of sp³-hybridized carbons (Fsp3) is 0.500. The summed E-state index contributed by atoms with van der Waals surface area (Å²) in [6.07, 6.45) is 0.0397. The summed E-state index contributed by atoms with van der Waals surface area (Å²) in [4.78, 5) is 0. The van der Waals surface area contributed by atoms with Gasteiger partial charge in [-0.25, -0.2) is 0 Å². The predicted molar refractivity (Wildman–Crippen MR) is 66.5 cm³/mol. The summed E-state index contributed by atoms with van der Waals surface area (Å²) >= 11 is 0. The first-order valence-electron chi connectivity index (χ1n) is 5.85. The van der Waals surface area contributed by atoms with Gasteiger partial charge in [0.05, 0.1) is 18.5 Å². The zero-order valence-electron chi connectivity index (χ0n) is 10.8. The molecule has 0 bridgehead atoms. The Kier molecular flexibility index (Phi) is 5.08. The largest absolute Gasteiger partial charge is 0.513 e. The van der Waals surface area contributed by atoms with Crippen LogP contribution in [0.15, 0.2) is 18.2 Å². The monoisotopic (exact) mass is 261 g/mol. The molecule has 0 radical (unpaired) electrons. The summed E-state index contributed by atoms with van der Waals surface area (Å²) in [6, 6.07) is 4.07. The molecule has 1 aromatic rings. The number of ether oxygens (including phenoxy) is 2. The van der Waals surface area contributed by atoms with Crippen LogP contribution < -0.4 is 10.2 Å². The lowest BCUT2D eigenvalue weighted by molar-refractivity contribution is 0.0554. The Morgan fingerprint density at radius 1 is 1.17 bits per heavy atom. The lowest BCUT2D eigenvalue weighted by Gasteiger charge is -2.20. The number of aryl methyl sites for hydroxylation is 1. The van der Waals surface area contributed by atoms with E-state index in [-0.39, 0.29) is 25.1 Å². The van der Waals surface area contributed by atoms with Crippen molar-refractivity contribution in [3.63, 3.8) is 0 Å². The van der Waals surface area contributed by atoms with Gasteiger partial charge >= 0.3 is 6.98 Å². The molecule has 0 spiro atoms. The maximum atomic E-state index is 12.8. The van der Waals surface area contributed by atoms with Crippen molar-refractivity contribution in [1.29, 1.82) is 0 Å². The summed E-state index contributed by atoms with van der Waals surface area (Å²) in [7, 11) is 0. The van der Waals surface area contributed by atoms with E-state index in [1.807, 2.05) is 13.8 Å². The van der Waals surface area contributed by atoms with Crippen molar-refractivity contribution in [2.24, 2.45) is 0 Å². The Morgan fingerprint density at radius 2 is 1.83 bits per heavy atom. The second-order valence-electron chi connectivity index (χ2n) is 4.38. The lowest BCUT2D eigenvalue weighted by atomic mass is 9.78. The standard InChI is InChI=1S/C12H17BF3O2/c1-9(2)17-6-7-18-12-5-4-10(3)8-11(12)13(14,15)16/h4-5,8-9H,6-7H2,1-3H3/q-1. The molecule has 0 saturated heterocycles. The van der Waals surface area contributed by atoms with Crippen LogP contribution >= 0.6 is 0 Å². The van der Waals surface area contributed by atoms with Gasteiger partial charge < -0.3 is 22.4 Å². The van der Waals surface area contributed by atoms with Crippen LogP contribution in [-0.4, -0.2) is 26.3 Å². The maximum Gasteiger partial charge on any atom is 0.513 e. The quantitative estimate of drug-likeness (QED) is 0.579. The molecule has 0 aliphatic carbocycles. The summed E-state index contributed by atoms with van der Waals surface area (Å²) < 4.78 is 48.8. The van der Waals surface area contributed by atoms with Crippen molar-refractivity contribution in [3.05, 3.63) is 23.8 Å². The van der Waals surface area contributed by atoms with Gasteiger partial charge in [0.15, 0.2) is 0 Å². The fourth-order valence-corrected chi connectivity index (χ4v) is 1.49. The Hall–Kier alpha value is -1.17. The van der Waals surface area contributed by atoms with Gasteiger partial charge in [-0.3, -0.25) is 0 Å². The average molecular weight is 261 g/mol. The molecule has 0 saturated carbocycles. The maximum absolute atomic E-state index is 12.8. The molecule has 0 heterocycles. The molecule has 1 rings (SSSR count). The highest BCUT2D eigenvalue weighted by atomic mass is 19.4. The highest BCUT2D eigenvalue weighted by Gasteiger charge is 2.29. The van der Waals surface area contributed by atoms with Crippen molar-refractivity contribution in [1.82, 2.24) is 0 Å². The summed E-state index contributed by atoms with van der Waals surface area (Å²) in [6.45, 7) is 0.665. The van der Waals surface area contributed by atoms with Crippen LogP contribution in [0.1, 0.15) is 19.4 Å². The minimum absolute atomic E-state index is 0.0397. The van der Waals surface area contributed by atoms with Gasteiger partial charge in [-0.1, -0.05) is 23.2 Å². The first kappa shape index (κ1) is 14.9. The van der Waals surface area contributed by atoms with Crippen molar-refractivity contribution in [2.45, 2.75) is 26.9 Å². The molecule has 18 heavy (non-hydrogen) atoms. The smallest absolute Gasteiger partial charge is 0.494 e. The second kappa shape index (κ2) is 6.13. The van der Waals surface area contributed by atoms with E-state index in [0.29, 0.717) is 5.56 Å². The SMILES string of the molecule is Cc1ccc(OCCOC(C)C)c([B-](F)(F)F)c1. The van der Waals surface area contributed by atoms with Crippen molar-refractivity contribution >= 4 is 12.4 Å². The molecule has 0 aliphatic heterocycles. The Bertz CT molecular complexity index is 391. The second-order valence-corrected chi connectivity index (χ2v) is 4.38. The van der Waals surface area contributed by atoms with Crippen LogP contribution in [0.2, 0.25) is 0 Å². The highest BCUT2D eigenvalue weighted by molar-refractivity contribution is 6.74. The Balaban J connectivity index is 2.70. The number of rotatable bonds is 6. The van der Waals surface area contributed by atoms with Crippen LogP contribution in [0.5, 0.6) is 5.75 Å². The highest BCUT2D eigenvalue weighted by Crippen LogP contribution is 2.19. The van der Waals surface area contributed by atoms with Crippen LogP contribution in [0.3, 0.4) is 0 Å². The third kappa shape index (κ3) is 4.60. The van der Waals surface area contributed by atoms with Gasteiger partial charge in [-0.05, 0) is 26.8 Å². The molecular formula is C12H17BF3O2-. The van der Waals surface area contributed by atoms with E-state index in [9.17, 15) is 12.9 Å². The van der Waals surface area contributed by atoms with Gasteiger partial charge in [0.1, 0.15) is 6.61 Å². The number of halogens is 3. The zero-order chi connectivity index (χ0) is 13.8. The first-order chi connectivity index (χ1) is 8.30. The van der Waals surface area contributed by atoms with Crippen molar-refractivity contribution in [3.8, 4) is 5.75 Å².